The van der Waals surface area contributed by atoms with Crippen LogP contribution < -0.4 is 20.4 Å². The molecule has 2 unspecified atom stereocenters. The van der Waals surface area contributed by atoms with Gasteiger partial charge in [-0.15, -0.1) is 0 Å². The minimum atomic E-state index is -0.508. The maximum absolute atomic E-state index is 15.8. The molecule has 37 heavy (non-hydrogen) atoms. The quantitative estimate of drug-likeness (QED) is 0.386. The lowest BCUT2D eigenvalue weighted by atomic mass is 9.94. The van der Waals surface area contributed by atoms with Gasteiger partial charge in [0.25, 0.3) is 0 Å². The maximum atomic E-state index is 15.8. The fourth-order valence-electron chi connectivity index (χ4n) is 5.82. The smallest absolute Gasteiger partial charge is 0.200 e. The Morgan fingerprint density at radius 1 is 1.19 bits per heavy atom. The molecule has 3 fully saturated rings. The van der Waals surface area contributed by atoms with Crippen molar-refractivity contribution in [3.05, 3.63) is 69.8 Å². The lowest BCUT2D eigenvalue weighted by molar-refractivity contribution is 0.104. The van der Waals surface area contributed by atoms with Gasteiger partial charge in [0.05, 0.1) is 23.6 Å². The van der Waals surface area contributed by atoms with Crippen LogP contribution >= 0.6 is 0 Å². The van der Waals surface area contributed by atoms with Gasteiger partial charge in [0.15, 0.2) is 17.3 Å². The van der Waals surface area contributed by atoms with Crippen molar-refractivity contribution in [1.82, 2.24) is 9.88 Å². The molecule has 3 aromatic rings. The van der Waals surface area contributed by atoms with E-state index in [2.05, 4.69) is 5.32 Å². The van der Waals surface area contributed by atoms with Crippen molar-refractivity contribution in [3.63, 3.8) is 0 Å². The number of nitrogens with zero attached hydrogens (tertiary/aromatic N) is 2. The van der Waals surface area contributed by atoms with Gasteiger partial charge in [-0.05, 0) is 68.0 Å². The Bertz CT molecular complexity index is 1440. The van der Waals surface area contributed by atoms with E-state index in [0.29, 0.717) is 41.0 Å². The number of hydrogen-bond acceptors (Lipinski definition) is 6. The highest BCUT2D eigenvalue weighted by Gasteiger charge is 2.38. The van der Waals surface area contributed by atoms with Crippen molar-refractivity contribution in [2.75, 3.05) is 31.6 Å². The van der Waals surface area contributed by atoms with Crippen LogP contribution in [0.4, 0.5) is 10.1 Å². The minimum absolute atomic E-state index is 0.0000218. The number of ketones is 1. The molecule has 2 saturated heterocycles. The van der Waals surface area contributed by atoms with Gasteiger partial charge in [-0.2, -0.15) is 0 Å². The van der Waals surface area contributed by atoms with Gasteiger partial charge >= 0.3 is 0 Å². The molecule has 0 amide bonds. The zero-order valence-corrected chi connectivity index (χ0v) is 20.7. The number of phenolic OH excluding ortho intramolecular Hbond substituents is 1. The second-order valence-corrected chi connectivity index (χ2v) is 10.3. The summed E-state index contributed by atoms with van der Waals surface area (Å²) in [5.74, 6) is -0.0142. The summed E-state index contributed by atoms with van der Waals surface area (Å²) < 4.78 is 23.5. The monoisotopic (exact) mass is 503 g/mol. The predicted octanol–water partition coefficient (Wildman–Crippen LogP) is 4.27. The number of halogens is 1. The zero-order chi connectivity index (χ0) is 25.7. The molecule has 6 rings (SSSR count). The number of phenols is 1. The minimum Gasteiger partial charge on any atom is -0.508 e. The van der Waals surface area contributed by atoms with Crippen LogP contribution in [-0.2, 0) is 0 Å². The van der Waals surface area contributed by atoms with Crippen molar-refractivity contribution >= 4 is 28.4 Å². The van der Waals surface area contributed by atoms with Crippen molar-refractivity contribution in [1.29, 1.82) is 0 Å². The predicted molar refractivity (Wildman–Crippen MR) is 141 cm³/mol. The van der Waals surface area contributed by atoms with E-state index in [1.807, 2.05) is 9.47 Å². The van der Waals surface area contributed by atoms with Crippen molar-refractivity contribution in [2.24, 2.45) is 5.92 Å². The third-order valence-corrected chi connectivity index (χ3v) is 7.84. The number of pyridine rings is 1. The van der Waals surface area contributed by atoms with Crippen LogP contribution in [0.25, 0.3) is 17.0 Å². The molecule has 0 bridgehead atoms. The molecule has 2 N–H and O–H groups in total. The van der Waals surface area contributed by atoms with Crippen LogP contribution in [0.15, 0.2) is 47.4 Å². The number of aromatic hydroxyl groups is 1. The molecule has 3 heterocycles. The lowest BCUT2D eigenvalue weighted by Crippen LogP contribution is -2.40. The summed E-state index contributed by atoms with van der Waals surface area (Å²) in [7, 11) is 1.51. The lowest BCUT2D eigenvalue weighted by Gasteiger charge is -2.25. The first-order valence-corrected chi connectivity index (χ1v) is 12.9. The van der Waals surface area contributed by atoms with E-state index >= 15 is 4.39 Å². The van der Waals surface area contributed by atoms with Gasteiger partial charge in [0.2, 0.25) is 5.43 Å². The number of hydrogen-bond donors (Lipinski definition) is 2. The molecule has 1 saturated carbocycles. The molecule has 2 aliphatic heterocycles. The summed E-state index contributed by atoms with van der Waals surface area (Å²) in [5.41, 5.74) is 1.15. The van der Waals surface area contributed by atoms with Gasteiger partial charge in [0.1, 0.15) is 11.4 Å². The summed E-state index contributed by atoms with van der Waals surface area (Å²) in [5, 5.41) is 13.2. The van der Waals surface area contributed by atoms with Crippen molar-refractivity contribution < 1.29 is 19.0 Å². The number of carbonyl (C=O) groups excluding carboxylic acids is 1. The number of methoxy groups -OCH3 is 1. The Balaban J connectivity index is 1.45. The molecule has 1 aliphatic carbocycles. The molecule has 3 aliphatic rings. The summed E-state index contributed by atoms with van der Waals surface area (Å²) >= 11 is 0. The third-order valence-electron chi connectivity index (χ3n) is 7.84. The Labute approximate surface area is 214 Å². The second-order valence-electron chi connectivity index (χ2n) is 10.3. The first-order chi connectivity index (χ1) is 17.9. The molecule has 192 valence electrons. The number of benzene rings is 2. The molecular formula is C29H30FN3O4. The van der Waals surface area contributed by atoms with E-state index in [9.17, 15) is 14.7 Å². The van der Waals surface area contributed by atoms with Crippen LogP contribution in [0.5, 0.6) is 11.5 Å². The number of nitrogens with one attached hydrogen (secondary N) is 1. The zero-order valence-electron chi connectivity index (χ0n) is 20.7. The average molecular weight is 504 g/mol. The summed E-state index contributed by atoms with van der Waals surface area (Å²) in [6, 6.07) is 8.13. The Hall–Kier alpha value is -3.65. The number of piperidine rings is 1. The molecule has 0 spiro atoms. The van der Waals surface area contributed by atoms with E-state index in [1.165, 1.54) is 31.4 Å². The summed E-state index contributed by atoms with van der Waals surface area (Å²) in [4.78, 5) is 28.7. The fraction of sp³-hybridized carbons (Fsp3) is 0.379. The highest BCUT2D eigenvalue weighted by molar-refractivity contribution is 6.08. The van der Waals surface area contributed by atoms with Crippen LogP contribution in [0.3, 0.4) is 0 Å². The van der Waals surface area contributed by atoms with E-state index in [-0.39, 0.29) is 22.7 Å². The Kier molecular flexibility index (Phi) is 5.99. The Morgan fingerprint density at radius 2 is 1.97 bits per heavy atom. The van der Waals surface area contributed by atoms with Crippen molar-refractivity contribution in [3.8, 4) is 11.5 Å². The van der Waals surface area contributed by atoms with Gasteiger partial charge in [-0.1, -0.05) is 18.2 Å². The van der Waals surface area contributed by atoms with Crippen LogP contribution in [0, 0.1) is 11.7 Å². The van der Waals surface area contributed by atoms with Crippen molar-refractivity contribution in [2.45, 2.75) is 37.8 Å². The number of anilines is 1. The van der Waals surface area contributed by atoms with Crippen LogP contribution in [0.1, 0.15) is 47.6 Å². The number of aromatic nitrogens is 1. The number of carbonyl (C=O) groups is 1. The highest BCUT2D eigenvalue weighted by atomic mass is 19.1. The maximum Gasteiger partial charge on any atom is 0.200 e. The van der Waals surface area contributed by atoms with E-state index in [4.69, 9.17) is 4.74 Å². The molecule has 2 aromatic carbocycles. The van der Waals surface area contributed by atoms with Crippen LogP contribution in [-0.4, -0.2) is 48.2 Å². The standard InChI is InChI=1S/C29H30FN3O4/c1-37-29-26-21(13-23(30)27(29)32-14-18-3-2-12-31-24(18)16-32)28(36)22(15-33(26)19-7-8-19)25(35)11-6-17-4-9-20(34)10-5-17/h4-6,9-11,13,15,18-19,24,31,34H,2-3,7-8,12,14,16H2,1H3/b11-6+. The average Bonchev–Trinajstić information content (AvgIpc) is 3.66. The van der Waals surface area contributed by atoms with E-state index in [0.717, 1.165) is 38.8 Å². The largest absolute Gasteiger partial charge is 0.508 e. The van der Waals surface area contributed by atoms with Gasteiger partial charge < -0.3 is 24.6 Å². The molecule has 1 aromatic heterocycles. The number of ether oxygens (including phenoxy) is 1. The number of fused-ring (bicyclic) bond motifs is 2. The highest BCUT2D eigenvalue weighted by Crippen LogP contribution is 2.45. The first-order valence-electron chi connectivity index (χ1n) is 12.9. The molecule has 7 nitrogen and oxygen atoms in total. The second kappa shape index (κ2) is 9.34. The normalized spacial score (nSPS) is 21.5. The molecule has 8 heteroatoms. The fourth-order valence-corrected chi connectivity index (χ4v) is 5.82. The third kappa shape index (κ3) is 4.29. The van der Waals surface area contributed by atoms with E-state index < -0.39 is 17.0 Å². The molecule has 2 atom stereocenters. The number of rotatable bonds is 6. The summed E-state index contributed by atoms with van der Waals surface area (Å²) in [6.07, 6.45) is 8.62. The van der Waals surface area contributed by atoms with Gasteiger partial charge in [-0.3, -0.25) is 9.59 Å². The molecule has 0 radical (unpaired) electrons. The SMILES string of the molecule is COc1c(N2CC3CCCNC3C2)c(F)cc2c(=O)c(C(=O)/C=C/c3ccc(O)cc3)cn(C3CC3)c12. The first kappa shape index (κ1) is 23.7. The van der Waals surface area contributed by atoms with Gasteiger partial charge in [-0.25, -0.2) is 4.39 Å². The number of allylic oxidation sites excluding steroid dienone is 1. The van der Waals surface area contributed by atoms with Gasteiger partial charge in [0, 0.05) is 31.4 Å². The van der Waals surface area contributed by atoms with Crippen LogP contribution in [0.2, 0.25) is 0 Å². The van der Waals surface area contributed by atoms with E-state index in [1.54, 1.807) is 24.4 Å². The molecular weight excluding hydrogens is 473 g/mol. The topological polar surface area (TPSA) is 83.8 Å². The summed E-state index contributed by atoms with van der Waals surface area (Å²) in [6.45, 7) is 2.41. The Morgan fingerprint density at radius 3 is 2.68 bits per heavy atom.